The minimum Gasteiger partial charge on any atom is -0.463 e. The van der Waals surface area contributed by atoms with Gasteiger partial charge in [0.25, 0.3) is 9.84 Å². The quantitative estimate of drug-likeness (QED) is 0.853. The largest absolute Gasteiger partial charge is 0.501 e. The highest BCUT2D eigenvalue weighted by Crippen LogP contribution is 2.31. The first-order valence-electron chi connectivity index (χ1n) is 6.88. The van der Waals surface area contributed by atoms with Crippen molar-refractivity contribution in [3.05, 3.63) is 47.9 Å². The van der Waals surface area contributed by atoms with E-state index in [0.29, 0.717) is 17.2 Å². The van der Waals surface area contributed by atoms with E-state index in [0.717, 1.165) is 12.1 Å². The second-order valence-corrected chi connectivity index (χ2v) is 7.45. The molecule has 1 aromatic carbocycles. The van der Waals surface area contributed by atoms with E-state index in [1.54, 1.807) is 19.1 Å². The number of aliphatic hydroxyl groups is 1. The van der Waals surface area contributed by atoms with E-state index in [9.17, 15) is 26.7 Å². The molecule has 0 radical (unpaired) electrons. The molecule has 0 spiro atoms. The molecule has 1 unspecified atom stereocenters. The van der Waals surface area contributed by atoms with E-state index >= 15 is 0 Å². The predicted molar refractivity (Wildman–Crippen MR) is 81.2 cm³/mol. The molecule has 0 bridgehead atoms. The molecule has 2 aromatic rings. The average Bonchev–Trinajstić information content (AvgIpc) is 2.92. The molecule has 0 saturated carbocycles. The van der Waals surface area contributed by atoms with Crippen LogP contribution >= 0.6 is 0 Å². The van der Waals surface area contributed by atoms with Crippen molar-refractivity contribution in [1.82, 2.24) is 0 Å². The highest BCUT2D eigenvalue weighted by Gasteiger charge is 2.46. The van der Waals surface area contributed by atoms with Gasteiger partial charge in [-0.05, 0) is 50.2 Å². The van der Waals surface area contributed by atoms with Gasteiger partial charge < -0.3 is 14.8 Å². The van der Waals surface area contributed by atoms with Crippen LogP contribution in [-0.2, 0) is 15.4 Å². The number of halogens is 3. The van der Waals surface area contributed by atoms with Crippen LogP contribution in [0.25, 0.3) is 0 Å². The first-order valence-corrected chi connectivity index (χ1v) is 8.36. The van der Waals surface area contributed by atoms with Gasteiger partial charge in [0.05, 0.1) is 11.4 Å². The fourth-order valence-corrected chi connectivity index (χ4v) is 2.73. The Balaban J connectivity index is 2.10. The number of anilines is 1. The molecule has 0 amide bonds. The summed E-state index contributed by atoms with van der Waals surface area (Å²) < 4.78 is 65.3. The second-order valence-electron chi connectivity index (χ2n) is 5.51. The summed E-state index contributed by atoms with van der Waals surface area (Å²) in [6.45, 7) is 3.26. The van der Waals surface area contributed by atoms with Gasteiger partial charge in [0.1, 0.15) is 17.1 Å². The molecule has 24 heavy (non-hydrogen) atoms. The van der Waals surface area contributed by atoms with Crippen molar-refractivity contribution in [1.29, 1.82) is 0 Å². The predicted octanol–water partition coefficient (Wildman–Crippen LogP) is 3.20. The molecule has 0 saturated heterocycles. The van der Waals surface area contributed by atoms with Crippen molar-refractivity contribution < 1.29 is 31.1 Å². The summed E-state index contributed by atoms with van der Waals surface area (Å²) in [6, 6.07) is 7.43. The molecule has 0 aliphatic heterocycles. The van der Waals surface area contributed by atoms with Gasteiger partial charge >= 0.3 is 5.51 Å². The molecule has 0 aliphatic rings. The molecular formula is C15H16F3NO4S. The number of aryl methyl sites for hydroxylation is 1. The molecule has 9 heteroatoms. The Morgan fingerprint density at radius 2 is 1.71 bits per heavy atom. The third kappa shape index (κ3) is 3.73. The van der Waals surface area contributed by atoms with Gasteiger partial charge in [-0.3, -0.25) is 0 Å². The van der Waals surface area contributed by atoms with Crippen LogP contribution < -0.4 is 5.32 Å². The Morgan fingerprint density at radius 1 is 1.12 bits per heavy atom. The van der Waals surface area contributed by atoms with E-state index < -0.39 is 25.8 Å². The lowest BCUT2D eigenvalue weighted by molar-refractivity contribution is -0.0436. The maximum Gasteiger partial charge on any atom is 0.501 e. The summed E-state index contributed by atoms with van der Waals surface area (Å²) in [6.07, 6.45) is 0. The van der Waals surface area contributed by atoms with Crippen molar-refractivity contribution >= 4 is 15.5 Å². The molecule has 132 valence electrons. The average molecular weight is 363 g/mol. The standard InChI is InChI=1S/C15H16F3NO4S/c1-10-3-8-13(23-10)14(2,20)9-19-11-4-6-12(7-5-11)24(21,22)15(16,17)18/h3-8,19-20H,9H2,1-2H3. The zero-order valence-corrected chi connectivity index (χ0v) is 13.7. The van der Waals surface area contributed by atoms with E-state index in [-0.39, 0.29) is 6.54 Å². The fourth-order valence-electron chi connectivity index (χ4n) is 1.97. The van der Waals surface area contributed by atoms with Crippen LogP contribution in [0.4, 0.5) is 18.9 Å². The number of sulfone groups is 1. The lowest BCUT2D eigenvalue weighted by Gasteiger charge is -2.22. The lowest BCUT2D eigenvalue weighted by atomic mass is 10.0. The topological polar surface area (TPSA) is 79.5 Å². The summed E-state index contributed by atoms with van der Waals surface area (Å²) >= 11 is 0. The molecule has 1 atom stereocenters. The molecule has 1 heterocycles. The minimum absolute atomic E-state index is 0.0192. The number of hydrogen-bond acceptors (Lipinski definition) is 5. The summed E-state index contributed by atoms with van der Waals surface area (Å²) in [5.41, 5.74) is -6.33. The van der Waals surface area contributed by atoms with Gasteiger partial charge in [0.2, 0.25) is 0 Å². The second kappa shape index (κ2) is 6.14. The number of benzene rings is 1. The maximum absolute atomic E-state index is 12.5. The van der Waals surface area contributed by atoms with Crippen molar-refractivity contribution in [3.8, 4) is 0 Å². The van der Waals surface area contributed by atoms with Crippen molar-refractivity contribution in [2.75, 3.05) is 11.9 Å². The molecule has 0 fully saturated rings. The van der Waals surface area contributed by atoms with Crippen LogP contribution in [0.5, 0.6) is 0 Å². The number of hydrogen-bond donors (Lipinski definition) is 2. The molecular weight excluding hydrogens is 347 g/mol. The van der Waals surface area contributed by atoms with Crippen LogP contribution in [0, 0.1) is 6.92 Å². The van der Waals surface area contributed by atoms with Crippen molar-refractivity contribution in [2.24, 2.45) is 0 Å². The zero-order chi connectivity index (χ0) is 18.2. The van der Waals surface area contributed by atoms with Crippen molar-refractivity contribution in [2.45, 2.75) is 29.9 Å². The van der Waals surface area contributed by atoms with Crippen molar-refractivity contribution in [3.63, 3.8) is 0 Å². The summed E-state index contributed by atoms with van der Waals surface area (Å²) in [5, 5.41) is 13.2. The Bertz CT molecular complexity index is 808. The SMILES string of the molecule is Cc1ccc(C(C)(O)CNc2ccc(S(=O)(=O)C(F)(F)F)cc2)o1. The molecule has 5 nitrogen and oxygen atoms in total. The molecule has 0 aliphatic carbocycles. The Labute approximate surface area is 137 Å². The smallest absolute Gasteiger partial charge is 0.463 e. The van der Waals surface area contributed by atoms with Crippen LogP contribution in [0.15, 0.2) is 45.7 Å². The number of nitrogens with one attached hydrogen (secondary N) is 1. The van der Waals surface area contributed by atoms with E-state index in [1.165, 1.54) is 19.1 Å². The van der Waals surface area contributed by atoms with Crippen LogP contribution in [-0.4, -0.2) is 25.6 Å². The molecule has 1 aromatic heterocycles. The number of furan rings is 1. The van der Waals surface area contributed by atoms with Crippen LogP contribution in [0.2, 0.25) is 0 Å². The zero-order valence-electron chi connectivity index (χ0n) is 12.9. The lowest BCUT2D eigenvalue weighted by Crippen LogP contribution is -2.30. The first-order chi connectivity index (χ1) is 10.9. The Morgan fingerprint density at radius 3 is 2.17 bits per heavy atom. The van der Waals surface area contributed by atoms with Gasteiger partial charge in [0, 0.05) is 5.69 Å². The normalized spacial score (nSPS) is 15.1. The monoisotopic (exact) mass is 363 g/mol. The van der Waals surface area contributed by atoms with E-state index in [4.69, 9.17) is 4.42 Å². The fraction of sp³-hybridized carbons (Fsp3) is 0.333. The molecule has 2 N–H and O–H groups in total. The van der Waals surface area contributed by atoms with E-state index in [1.807, 2.05) is 0 Å². The van der Waals surface area contributed by atoms with Gasteiger partial charge in [0.15, 0.2) is 0 Å². The van der Waals surface area contributed by atoms with Crippen LogP contribution in [0.1, 0.15) is 18.4 Å². The minimum atomic E-state index is -5.37. The maximum atomic E-state index is 12.5. The van der Waals surface area contributed by atoms with E-state index in [2.05, 4.69) is 5.32 Å². The third-order valence-electron chi connectivity index (χ3n) is 3.38. The first kappa shape index (κ1) is 18.3. The number of alkyl halides is 3. The highest BCUT2D eigenvalue weighted by molar-refractivity contribution is 7.92. The van der Waals surface area contributed by atoms with Crippen LogP contribution in [0.3, 0.4) is 0 Å². The third-order valence-corrected chi connectivity index (χ3v) is 4.88. The Hall–Kier alpha value is -2.00. The Kier molecular flexibility index (Phi) is 4.69. The van der Waals surface area contributed by atoms with Gasteiger partial charge in [-0.2, -0.15) is 13.2 Å². The molecule has 2 rings (SSSR count). The van der Waals surface area contributed by atoms with Gasteiger partial charge in [-0.25, -0.2) is 8.42 Å². The summed E-state index contributed by atoms with van der Waals surface area (Å²) in [4.78, 5) is -0.839. The summed E-state index contributed by atoms with van der Waals surface area (Å²) in [7, 11) is -5.37. The van der Waals surface area contributed by atoms with Gasteiger partial charge in [-0.1, -0.05) is 0 Å². The van der Waals surface area contributed by atoms with Gasteiger partial charge in [-0.15, -0.1) is 0 Å². The summed E-state index contributed by atoms with van der Waals surface area (Å²) in [5.74, 6) is 0.968. The number of rotatable bonds is 5. The highest BCUT2D eigenvalue weighted by atomic mass is 32.2.